The lowest BCUT2D eigenvalue weighted by molar-refractivity contribution is 0.250. The van der Waals surface area contributed by atoms with Crippen molar-refractivity contribution in [3.63, 3.8) is 0 Å². The van der Waals surface area contributed by atoms with Crippen LogP contribution in [0.25, 0.3) is 0 Å². The molecule has 1 heteroatoms. The first kappa shape index (κ1) is 10.3. The highest BCUT2D eigenvalue weighted by molar-refractivity contribution is 5.25. The third kappa shape index (κ3) is 1.49. The van der Waals surface area contributed by atoms with E-state index in [2.05, 4.69) is 49.1 Å². The maximum atomic E-state index is 2.74. The van der Waals surface area contributed by atoms with Crippen molar-refractivity contribution in [2.75, 3.05) is 6.54 Å². The molecule has 0 aliphatic carbocycles. The van der Waals surface area contributed by atoms with Crippen LogP contribution in [0.2, 0.25) is 0 Å². The topological polar surface area (TPSA) is 3.24 Å². The monoisotopic (exact) mass is 215 g/mol. The molecule has 86 valence electrons. The summed E-state index contributed by atoms with van der Waals surface area (Å²) in [6.45, 7) is 6.11. The van der Waals surface area contributed by atoms with E-state index >= 15 is 0 Å². The van der Waals surface area contributed by atoms with Crippen molar-refractivity contribution in [2.45, 2.75) is 44.7 Å². The minimum Gasteiger partial charge on any atom is -0.297 e. The zero-order chi connectivity index (χ0) is 11.1. The molecule has 1 aromatic rings. The Labute approximate surface area is 98.5 Å². The quantitative estimate of drug-likeness (QED) is 0.695. The second-order valence-electron chi connectivity index (χ2n) is 5.60. The highest BCUT2D eigenvalue weighted by Gasteiger charge is 2.45. The molecule has 2 unspecified atom stereocenters. The van der Waals surface area contributed by atoms with Crippen LogP contribution in [0.15, 0.2) is 30.3 Å². The second kappa shape index (κ2) is 3.89. The Morgan fingerprint density at radius 1 is 1.06 bits per heavy atom. The van der Waals surface area contributed by atoms with Gasteiger partial charge >= 0.3 is 0 Å². The first-order valence-corrected chi connectivity index (χ1v) is 6.58. The normalized spacial score (nSPS) is 38.9. The Morgan fingerprint density at radius 3 is 2.56 bits per heavy atom. The molecule has 1 nitrogen and oxygen atoms in total. The lowest BCUT2D eigenvalue weighted by Crippen LogP contribution is -2.30. The summed E-state index contributed by atoms with van der Waals surface area (Å²) in [6, 6.07) is 12.7. The van der Waals surface area contributed by atoms with Crippen LogP contribution in [0.1, 0.15) is 38.2 Å². The Kier molecular flexibility index (Phi) is 2.51. The molecule has 0 radical (unpaired) electrons. The molecular weight excluding hydrogens is 194 g/mol. The summed E-state index contributed by atoms with van der Waals surface area (Å²) in [5.41, 5.74) is 1.55. The van der Waals surface area contributed by atoms with Gasteiger partial charge in [0, 0.05) is 24.5 Å². The average molecular weight is 215 g/mol. The summed E-state index contributed by atoms with van der Waals surface area (Å²) in [4.78, 5) is 2.74. The van der Waals surface area contributed by atoms with Crippen molar-refractivity contribution < 1.29 is 0 Å². The van der Waals surface area contributed by atoms with Crippen LogP contribution < -0.4 is 0 Å². The van der Waals surface area contributed by atoms with Gasteiger partial charge in [-0.3, -0.25) is 4.90 Å². The Morgan fingerprint density at radius 2 is 1.81 bits per heavy atom. The minimum atomic E-state index is 0.770. The van der Waals surface area contributed by atoms with Gasteiger partial charge in [0.1, 0.15) is 0 Å². The van der Waals surface area contributed by atoms with Gasteiger partial charge in [-0.1, -0.05) is 37.3 Å². The number of nitrogens with zero attached hydrogens (tertiary/aromatic N) is 1. The number of rotatable bonds is 1. The average Bonchev–Trinajstić information content (AvgIpc) is 2.80. The van der Waals surface area contributed by atoms with Crippen molar-refractivity contribution in [3.05, 3.63) is 35.9 Å². The third-order valence-electron chi connectivity index (χ3n) is 4.58. The van der Waals surface area contributed by atoms with Gasteiger partial charge in [-0.15, -0.1) is 0 Å². The fourth-order valence-corrected chi connectivity index (χ4v) is 3.82. The smallest absolute Gasteiger partial charge is 0.0170 e. The molecule has 3 rings (SSSR count). The summed E-state index contributed by atoms with van der Waals surface area (Å²) in [5.74, 6) is 1.58. The summed E-state index contributed by atoms with van der Waals surface area (Å²) < 4.78 is 0. The lowest BCUT2D eigenvalue weighted by Gasteiger charge is -2.23. The molecule has 0 bridgehead atoms. The van der Waals surface area contributed by atoms with Gasteiger partial charge in [0.05, 0.1) is 0 Å². The largest absolute Gasteiger partial charge is 0.297 e. The van der Waals surface area contributed by atoms with Crippen molar-refractivity contribution in [3.8, 4) is 0 Å². The van der Waals surface area contributed by atoms with E-state index in [0.717, 1.165) is 23.9 Å². The minimum absolute atomic E-state index is 0.770. The molecule has 2 fully saturated rings. The first-order chi connectivity index (χ1) is 7.77. The number of fused-ring (bicyclic) bond motifs is 1. The second-order valence-corrected chi connectivity index (χ2v) is 5.60. The van der Waals surface area contributed by atoms with Crippen molar-refractivity contribution in [2.24, 2.45) is 5.92 Å². The fraction of sp³-hybridized carbons (Fsp3) is 0.600. The highest BCUT2D eigenvalue weighted by atomic mass is 15.2. The molecule has 1 aromatic carbocycles. The molecule has 0 N–H and O–H groups in total. The predicted molar refractivity (Wildman–Crippen MR) is 67.5 cm³/mol. The molecule has 0 aromatic heterocycles. The third-order valence-corrected chi connectivity index (χ3v) is 4.58. The van der Waals surface area contributed by atoms with Crippen LogP contribution in [0, 0.1) is 5.92 Å². The van der Waals surface area contributed by atoms with Crippen LogP contribution >= 0.6 is 0 Å². The summed E-state index contributed by atoms with van der Waals surface area (Å²) in [6.07, 6.45) is 2.78. The van der Waals surface area contributed by atoms with Gasteiger partial charge in [-0.05, 0) is 31.2 Å². The Bertz CT molecular complexity index is 359. The summed E-state index contributed by atoms with van der Waals surface area (Å²) >= 11 is 0. The van der Waals surface area contributed by atoms with E-state index in [9.17, 15) is 0 Å². The molecule has 16 heavy (non-hydrogen) atoms. The molecule has 4 atom stereocenters. The van der Waals surface area contributed by atoms with Gasteiger partial charge in [0.15, 0.2) is 0 Å². The van der Waals surface area contributed by atoms with E-state index in [1.165, 1.54) is 19.4 Å². The van der Waals surface area contributed by atoms with Gasteiger partial charge < -0.3 is 0 Å². The zero-order valence-corrected chi connectivity index (χ0v) is 10.3. The molecular formula is C15H21N. The van der Waals surface area contributed by atoms with E-state index < -0.39 is 0 Å². The van der Waals surface area contributed by atoms with Crippen LogP contribution in [-0.4, -0.2) is 23.5 Å². The van der Waals surface area contributed by atoms with E-state index in [1.54, 1.807) is 5.56 Å². The van der Waals surface area contributed by atoms with Crippen molar-refractivity contribution >= 4 is 0 Å². The first-order valence-electron chi connectivity index (χ1n) is 6.58. The SMILES string of the molecule is CC1CN2[C@H](C)CC[C@H]2C1c1ccccc1. The molecule has 2 aliphatic rings. The molecule has 0 saturated carbocycles. The van der Waals surface area contributed by atoms with E-state index in [-0.39, 0.29) is 0 Å². The van der Waals surface area contributed by atoms with Crippen molar-refractivity contribution in [1.29, 1.82) is 0 Å². The van der Waals surface area contributed by atoms with Gasteiger partial charge in [-0.25, -0.2) is 0 Å². The number of benzene rings is 1. The maximum Gasteiger partial charge on any atom is 0.0170 e. The fourth-order valence-electron chi connectivity index (χ4n) is 3.82. The van der Waals surface area contributed by atoms with Crippen molar-refractivity contribution in [1.82, 2.24) is 4.90 Å². The summed E-state index contributed by atoms with van der Waals surface area (Å²) in [5, 5.41) is 0. The van der Waals surface area contributed by atoms with Crippen LogP contribution in [-0.2, 0) is 0 Å². The zero-order valence-electron chi connectivity index (χ0n) is 10.3. The Balaban J connectivity index is 1.91. The number of hydrogen-bond acceptors (Lipinski definition) is 1. The van der Waals surface area contributed by atoms with Crippen LogP contribution in [0.3, 0.4) is 0 Å². The Hall–Kier alpha value is -0.820. The lowest BCUT2D eigenvalue weighted by atomic mass is 9.84. The molecule has 2 heterocycles. The van der Waals surface area contributed by atoms with Crippen LogP contribution in [0.4, 0.5) is 0 Å². The van der Waals surface area contributed by atoms with E-state index in [0.29, 0.717) is 0 Å². The predicted octanol–water partition coefficient (Wildman–Crippen LogP) is 3.27. The molecule has 0 spiro atoms. The van der Waals surface area contributed by atoms with Gasteiger partial charge in [-0.2, -0.15) is 0 Å². The summed E-state index contributed by atoms with van der Waals surface area (Å²) in [7, 11) is 0. The van der Waals surface area contributed by atoms with Gasteiger partial charge in [0.2, 0.25) is 0 Å². The molecule has 2 saturated heterocycles. The van der Waals surface area contributed by atoms with Crippen LogP contribution in [0.5, 0.6) is 0 Å². The highest BCUT2D eigenvalue weighted by Crippen LogP contribution is 2.44. The maximum absolute atomic E-state index is 2.74. The molecule has 0 amide bonds. The standard InChI is InChI=1S/C15H21N/c1-11-10-16-12(2)8-9-14(16)15(11)13-6-4-3-5-7-13/h3-7,11-12,14-15H,8-10H2,1-2H3/t11?,12-,14+,15?/m1/s1. The molecule has 2 aliphatic heterocycles. The van der Waals surface area contributed by atoms with E-state index in [1.807, 2.05) is 0 Å². The number of hydrogen-bond donors (Lipinski definition) is 0. The van der Waals surface area contributed by atoms with E-state index in [4.69, 9.17) is 0 Å². The van der Waals surface area contributed by atoms with Gasteiger partial charge in [0.25, 0.3) is 0 Å².